The van der Waals surface area contributed by atoms with Crippen molar-refractivity contribution < 1.29 is 13.2 Å². The summed E-state index contributed by atoms with van der Waals surface area (Å²) in [5.74, 6) is 1.91. The standard InChI is InChI=1S/C21H23ClN2O3S/c22-17-3-1-5-19(12-17)24-28(26,27)20-6-2-4-18(13-20)23-21(25)11-16-10-14-7-8-15(16)9-14/h1-6,12-16,24H,7-11H2,(H,23,25)/t14-,15+,16+/m0/s1. The van der Waals surface area contributed by atoms with E-state index in [1.807, 2.05) is 0 Å². The van der Waals surface area contributed by atoms with Crippen molar-refractivity contribution in [3.63, 3.8) is 0 Å². The molecular formula is C21H23ClN2O3S. The molecule has 1 amide bonds. The summed E-state index contributed by atoms with van der Waals surface area (Å²) in [7, 11) is -3.78. The third-order valence-electron chi connectivity index (χ3n) is 5.84. The molecule has 0 saturated heterocycles. The number of carbonyl (C=O) groups is 1. The second kappa shape index (κ2) is 7.76. The van der Waals surface area contributed by atoms with Gasteiger partial charge in [-0.25, -0.2) is 8.42 Å². The first kappa shape index (κ1) is 19.3. The Labute approximate surface area is 170 Å². The van der Waals surface area contributed by atoms with Gasteiger partial charge in [-0.3, -0.25) is 9.52 Å². The first-order valence-electron chi connectivity index (χ1n) is 9.57. The van der Waals surface area contributed by atoms with Gasteiger partial charge in [-0.15, -0.1) is 0 Å². The monoisotopic (exact) mass is 418 g/mol. The van der Waals surface area contributed by atoms with E-state index in [2.05, 4.69) is 10.0 Å². The topological polar surface area (TPSA) is 75.3 Å². The van der Waals surface area contributed by atoms with Gasteiger partial charge in [-0.1, -0.05) is 30.2 Å². The van der Waals surface area contributed by atoms with Crippen molar-refractivity contribution in [2.45, 2.75) is 37.0 Å². The molecule has 0 aromatic heterocycles. The summed E-state index contributed by atoms with van der Waals surface area (Å²) in [6, 6.07) is 12.8. The fraction of sp³-hybridized carbons (Fsp3) is 0.381. The number of carbonyl (C=O) groups excluding carboxylic acids is 1. The molecule has 2 aromatic carbocycles. The first-order valence-corrected chi connectivity index (χ1v) is 11.4. The maximum Gasteiger partial charge on any atom is 0.261 e. The number of sulfonamides is 1. The molecule has 148 valence electrons. The number of hydrogen-bond acceptors (Lipinski definition) is 3. The normalized spacial score (nSPS) is 23.5. The van der Waals surface area contributed by atoms with E-state index >= 15 is 0 Å². The summed E-state index contributed by atoms with van der Waals surface area (Å²) >= 11 is 5.91. The van der Waals surface area contributed by atoms with Gasteiger partial charge in [-0.2, -0.15) is 0 Å². The van der Waals surface area contributed by atoms with Gasteiger partial charge in [0.2, 0.25) is 5.91 Å². The van der Waals surface area contributed by atoms with Crippen molar-refractivity contribution in [2.75, 3.05) is 10.0 Å². The Kier molecular flexibility index (Phi) is 5.34. The van der Waals surface area contributed by atoms with E-state index in [0.717, 1.165) is 12.3 Å². The largest absolute Gasteiger partial charge is 0.326 e. The van der Waals surface area contributed by atoms with E-state index < -0.39 is 10.0 Å². The Balaban J connectivity index is 1.42. The van der Waals surface area contributed by atoms with Gasteiger partial charge in [-0.05, 0) is 73.4 Å². The molecule has 2 saturated carbocycles. The Hall–Kier alpha value is -2.05. The highest BCUT2D eigenvalue weighted by molar-refractivity contribution is 7.92. The molecule has 0 unspecified atom stereocenters. The predicted molar refractivity (Wildman–Crippen MR) is 111 cm³/mol. The molecule has 4 rings (SSSR count). The molecule has 0 heterocycles. The molecule has 0 aliphatic heterocycles. The summed E-state index contributed by atoms with van der Waals surface area (Å²) in [4.78, 5) is 12.5. The second-order valence-corrected chi connectivity index (χ2v) is 9.95. The number of anilines is 2. The molecular weight excluding hydrogens is 396 g/mol. The van der Waals surface area contributed by atoms with Crippen LogP contribution in [0.15, 0.2) is 53.4 Å². The SMILES string of the molecule is O=C(C[C@H]1C[C@H]2CC[C@@H]1C2)Nc1cccc(S(=O)(=O)Nc2cccc(Cl)c2)c1. The van der Waals surface area contributed by atoms with Crippen molar-refractivity contribution in [1.82, 2.24) is 0 Å². The molecule has 7 heteroatoms. The highest BCUT2D eigenvalue weighted by Gasteiger charge is 2.40. The van der Waals surface area contributed by atoms with E-state index in [4.69, 9.17) is 11.6 Å². The highest BCUT2D eigenvalue weighted by Crippen LogP contribution is 2.49. The third-order valence-corrected chi connectivity index (χ3v) is 7.45. The smallest absolute Gasteiger partial charge is 0.261 e. The molecule has 2 aliphatic rings. The summed E-state index contributed by atoms with van der Waals surface area (Å²) < 4.78 is 27.8. The minimum Gasteiger partial charge on any atom is -0.326 e. The second-order valence-electron chi connectivity index (χ2n) is 7.83. The van der Waals surface area contributed by atoms with Crippen LogP contribution in [0.25, 0.3) is 0 Å². The minimum absolute atomic E-state index is 0.0464. The number of halogens is 1. The summed E-state index contributed by atoms with van der Waals surface area (Å²) in [5.41, 5.74) is 0.875. The van der Waals surface area contributed by atoms with E-state index in [9.17, 15) is 13.2 Å². The van der Waals surface area contributed by atoms with Gasteiger partial charge in [0.15, 0.2) is 0 Å². The van der Waals surface area contributed by atoms with Crippen molar-refractivity contribution in [3.8, 4) is 0 Å². The van der Waals surface area contributed by atoms with Crippen LogP contribution in [0.3, 0.4) is 0 Å². The van der Waals surface area contributed by atoms with Crippen molar-refractivity contribution >= 4 is 38.9 Å². The fourth-order valence-electron chi connectivity index (χ4n) is 4.58. The molecule has 2 fully saturated rings. The molecule has 2 aromatic rings. The van der Waals surface area contributed by atoms with Gasteiger partial charge < -0.3 is 5.32 Å². The molecule has 3 atom stereocenters. The van der Waals surface area contributed by atoms with Gasteiger partial charge in [0.25, 0.3) is 10.0 Å². The van der Waals surface area contributed by atoms with Crippen LogP contribution in [0, 0.1) is 17.8 Å². The van der Waals surface area contributed by atoms with E-state index in [-0.39, 0.29) is 10.8 Å². The number of rotatable bonds is 6. The van der Waals surface area contributed by atoms with Gasteiger partial charge >= 0.3 is 0 Å². The number of hydrogen-bond donors (Lipinski definition) is 2. The molecule has 0 spiro atoms. The lowest BCUT2D eigenvalue weighted by Crippen LogP contribution is -2.20. The Morgan fingerprint density at radius 1 is 1.04 bits per heavy atom. The van der Waals surface area contributed by atoms with Crippen LogP contribution in [-0.4, -0.2) is 14.3 Å². The maximum atomic E-state index is 12.6. The maximum absolute atomic E-state index is 12.6. The number of amides is 1. The minimum atomic E-state index is -3.78. The zero-order chi connectivity index (χ0) is 19.7. The van der Waals surface area contributed by atoms with Crippen LogP contribution in [-0.2, 0) is 14.8 Å². The van der Waals surface area contributed by atoms with E-state index in [0.29, 0.717) is 34.7 Å². The first-order chi connectivity index (χ1) is 13.4. The molecule has 28 heavy (non-hydrogen) atoms. The fourth-order valence-corrected chi connectivity index (χ4v) is 5.87. The van der Waals surface area contributed by atoms with Crippen LogP contribution in [0.1, 0.15) is 32.1 Å². The lowest BCUT2D eigenvalue weighted by molar-refractivity contribution is -0.117. The average molecular weight is 419 g/mol. The summed E-state index contributed by atoms with van der Waals surface area (Å²) in [6.45, 7) is 0. The summed E-state index contributed by atoms with van der Waals surface area (Å²) in [6.07, 6.45) is 5.48. The Bertz CT molecular complexity index is 993. The highest BCUT2D eigenvalue weighted by atomic mass is 35.5. The van der Waals surface area contributed by atoms with Crippen LogP contribution < -0.4 is 10.0 Å². The van der Waals surface area contributed by atoms with Crippen LogP contribution in [0.2, 0.25) is 5.02 Å². The molecule has 2 N–H and O–H groups in total. The average Bonchev–Trinajstić information content (AvgIpc) is 3.24. The number of benzene rings is 2. The van der Waals surface area contributed by atoms with Crippen molar-refractivity contribution in [1.29, 1.82) is 0 Å². The molecule has 5 nitrogen and oxygen atoms in total. The zero-order valence-electron chi connectivity index (χ0n) is 15.4. The van der Waals surface area contributed by atoms with Crippen molar-refractivity contribution in [2.24, 2.45) is 17.8 Å². The molecule has 0 radical (unpaired) electrons. The Morgan fingerprint density at radius 2 is 1.82 bits per heavy atom. The molecule has 2 bridgehead atoms. The van der Waals surface area contributed by atoms with Gasteiger partial charge in [0, 0.05) is 17.1 Å². The molecule has 2 aliphatic carbocycles. The van der Waals surface area contributed by atoms with Crippen LogP contribution >= 0.6 is 11.6 Å². The van der Waals surface area contributed by atoms with Gasteiger partial charge in [0.1, 0.15) is 0 Å². The predicted octanol–water partition coefficient (Wildman–Crippen LogP) is 4.91. The number of fused-ring (bicyclic) bond motifs is 2. The zero-order valence-corrected chi connectivity index (χ0v) is 17.0. The lowest BCUT2D eigenvalue weighted by Gasteiger charge is -2.21. The Morgan fingerprint density at radius 3 is 2.54 bits per heavy atom. The van der Waals surface area contributed by atoms with E-state index in [1.54, 1.807) is 36.4 Å². The van der Waals surface area contributed by atoms with E-state index in [1.165, 1.54) is 31.4 Å². The van der Waals surface area contributed by atoms with Crippen LogP contribution in [0.4, 0.5) is 11.4 Å². The van der Waals surface area contributed by atoms with Crippen molar-refractivity contribution in [3.05, 3.63) is 53.6 Å². The third kappa shape index (κ3) is 4.33. The quantitative estimate of drug-likeness (QED) is 0.700. The van der Waals surface area contributed by atoms with Gasteiger partial charge in [0.05, 0.1) is 10.6 Å². The lowest BCUT2D eigenvalue weighted by atomic mass is 9.86. The summed E-state index contributed by atoms with van der Waals surface area (Å²) in [5, 5.41) is 3.31. The number of nitrogens with one attached hydrogen (secondary N) is 2. The van der Waals surface area contributed by atoms with Crippen LogP contribution in [0.5, 0.6) is 0 Å².